The van der Waals surface area contributed by atoms with Crippen LogP contribution in [0.2, 0.25) is 0 Å². The van der Waals surface area contributed by atoms with Gasteiger partial charge in [-0.15, -0.1) is 0 Å². The Morgan fingerprint density at radius 2 is 1.76 bits per heavy atom. The number of hydrogen-bond acceptors (Lipinski definition) is 4. The summed E-state index contributed by atoms with van der Waals surface area (Å²) < 4.78 is 12.4. The molecule has 1 aliphatic heterocycles. The van der Waals surface area contributed by atoms with Crippen LogP contribution in [0.4, 0.5) is 0 Å². The third-order valence-corrected chi connectivity index (χ3v) is 9.03. The molecule has 0 N–H and O–H groups in total. The Morgan fingerprint density at radius 1 is 1.00 bits per heavy atom. The van der Waals surface area contributed by atoms with E-state index in [1.54, 1.807) is 0 Å². The molecule has 5 aliphatic rings. The number of fused-ring (bicyclic) bond motifs is 5. The molecule has 1 saturated heterocycles. The molecule has 29 heavy (non-hydrogen) atoms. The molecule has 0 aromatic rings. The molecular weight excluding hydrogens is 364 g/mol. The molecule has 1 heterocycles. The number of ether oxygens (including phenoxy) is 2. The van der Waals surface area contributed by atoms with Crippen LogP contribution in [0.15, 0.2) is 23.3 Å². The lowest BCUT2D eigenvalue weighted by molar-refractivity contribution is -0.153. The van der Waals surface area contributed by atoms with E-state index in [-0.39, 0.29) is 35.2 Å². The predicted molar refractivity (Wildman–Crippen MR) is 110 cm³/mol. The van der Waals surface area contributed by atoms with Crippen LogP contribution in [0.25, 0.3) is 0 Å². The van der Waals surface area contributed by atoms with Crippen LogP contribution in [-0.4, -0.2) is 29.6 Å². The van der Waals surface area contributed by atoms with Gasteiger partial charge in [0.15, 0.2) is 11.6 Å². The van der Waals surface area contributed by atoms with Gasteiger partial charge in [-0.2, -0.15) is 0 Å². The van der Waals surface area contributed by atoms with E-state index in [1.165, 1.54) is 11.1 Å². The number of ketones is 2. The summed E-state index contributed by atoms with van der Waals surface area (Å²) in [7, 11) is 0. The molecule has 5 rings (SSSR count). The standard InChI is InChI=1S/C25H34O4/c1-13-10-16(26)11-15-6-7-17-20(25(13,15)5)9-8-18-21(27)12-19(22(17)18)23-14(2)28-24(3,4)29-23/h10-11,14,17-20,22-23H,6-9,12H2,1-5H3/t14?,17?,18?,19-,20?,22?,23?,25?/m0/s1. The summed E-state index contributed by atoms with van der Waals surface area (Å²) >= 11 is 0. The number of hydrogen-bond donors (Lipinski definition) is 0. The van der Waals surface area contributed by atoms with Crippen molar-refractivity contribution in [2.75, 3.05) is 0 Å². The average Bonchev–Trinajstić information content (AvgIpc) is 3.11. The van der Waals surface area contributed by atoms with Crippen LogP contribution in [0.5, 0.6) is 0 Å². The van der Waals surface area contributed by atoms with Crippen molar-refractivity contribution < 1.29 is 19.1 Å². The van der Waals surface area contributed by atoms with Gasteiger partial charge in [0.25, 0.3) is 0 Å². The molecule has 3 saturated carbocycles. The minimum absolute atomic E-state index is 0.00276. The molecule has 0 bridgehead atoms. The quantitative estimate of drug-likeness (QED) is 0.646. The summed E-state index contributed by atoms with van der Waals surface area (Å²) in [5.41, 5.74) is 2.50. The maximum atomic E-state index is 13.0. The van der Waals surface area contributed by atoms with Crippen LogP contribution < -0.4 is 0 Å². The van der Waals surface area contributed by atoms with Crippen molar-refractivity contribution in [3.63, 3.8) is 0 Å². The Labute approximate surface area is 174 Å². The molecule has 7 unspecified atom stereocenters. The molecule has 0 aromatic heterocycles. The molecule has 8 atom stereocenters. The minimum Gasteiger partial charge on any atom is -0.345 e. The second kappa shape index (κ2) is 6.37. The van der Waals surface area contributed by atoms with Crippen LogP contribution >= 0.6 is 0 Å². The number of carbonyl (C=O) groups excluding carboxylic acids is 2. The lowest BCUT2D eigenvalue weighted by Gasteiger charge is -2.56. The third-order valence-electron chi connectivity index (χ3n) is 9.03. The van der Waals surface area contributed by atoms with Gasteiger partial charge in [-0.3, -0.25) is 9.59 Å². The van der Waals surface area contributed by atoms with Gasteiger partial charge in [0.05, 0.1) is 12.2 Å². The highest BCUT2D eigenvalue weighted by Crippen LogP contribution is 2.63. The summed E-state index contributed by atoms with van der Waals surface area (Å²) in [5, 5.41) is 0. The van der Waals surface area contributed by atoms with Crippen molar-refractivity contribution in [1.29, 1.82) is 0 Å². The molecule has 0 radical (unpaired) electrons. The van der Waals surface area contributed by atoms with Gasteiger partial charge in [-0.05, 0) is 89.2 Å². The maximum Gasteiger partial charge on any atom is 0.178 e. The fourth-order valence-electron chi connectivity index (χ4n) is 7.86. The van der Waals surface area contributed by atoms with E-state index in [2.05, 4.69) is 20.8 Å². The highest BCUT2D eigenvalue weighted by Gasteiger charge is 2.60. The Hall–Kier alpha value is -1.26. The Morgan fingerprint density at radius 3 is 2.45 bits per heavy atom. The first-order valence-electron chi connectivity index (χ1n) is 11.4. The fourth-order valence-corrected chi connectivity index (χ4v) is 7.86. The number of carbonyl (C=O) groups is 2. The first-order valence-corrected chi connectivity index (χ1v) is 11.4. The van der Waals surface area contributed by atoms with Gasteiger partial charge in [0.2, 0.25) is 0 Å². The van der Waals surface area contributed by atoms with Crippen molar-refractivity contribution in [2.45, 2.75) is 84.7 Å². The maximum absolute atomic E-state index is 13.0. The van der Waals surface area contributed by atoms with Gasteiger partial charge in [0.1, 0.15) is 5.78 Å². The van der Waals surface area contributed by atoms with E-state index in [1.807, 2.05) is 26.0 Å². The van der Waals surface area contributed by atoms with Gasteiger partial charge in [-0.1, -0.05) is 18.1 Å². The monoisotopic (exact) mass is 398 g/mol. The molecule has 0 spiro atoms. The van der Waals surface area contributed by atoms with Crippen molar-refractivity contribution >= 4 is 11.6 Å². The van der Waals surface area contributed by atoms with E-state index < -0.39 is 5.79 Å². The van der Waals surface area contributed by atoms with E-state index in [0.717, 1.165) is 25.7 Å². The second-order valence-corrected chi connectivity index (χ2v) is 10.8. The third kappa shape index (κ3) is 2.78. The molecule has 0 amide bonds. The zero-order valence-corrected chi connectivity index (χ0v) is 18.4. The molecular formula is C25H34O4. The molecule has 158 valence electrons. The lowest BCUT2D eigenvalue weighted by Crippen LogP contribution is -2.50. The van der Waals surface area contributed by atoms with Crippen molar-refractivity contribution in [3.05, 3.63) is 23.3 Å². The van der Waals surface area contributed by atoms with Crippen LogP contribution in [0.3, 0.4) is 0 Å². The molecule has 4 heteroatoms. The van der Waals surface area contributed by atoms with Gasteiger partial charge in [0, 0.05) is 17.8 Å². The second-order valence-electron chi connectivity index (χ2n) is 10.8. The van der Waals surface area contributed by atoms with E-state index in [4.69, 9.17) is 9.47 Å². The minimum atomic E-state index is -0.573. The smallest absolute Gasteiger partial charge is 0.178 e. The van der Waals surface area contributed by atoms with Crippen LogP contribution in [0, 0.1) is 35.0 Å². The first kappa shape index (κ1) is 19.7. The first-order chi connectivity index (χ1) is 13.6. The van der Waals surface area contributed by atoms with Crippen molar-refractivity contribution in [3.8, 4) is 0 Å². The van der Waals surface area contributed by atoms with Crippen LogP contribution in [-0.2, 0) is 19.1 Å². The average molecular weight is 399 g/mol. The predicted octanol–water partition coefficient (Wildman–Crippen LogP) is 4.63. The van der Waals surface area contributed by atoms with Crippen LogP contribution in [0.1, 0.15) is 66.7 Å². The highest BCUT2D eigenvalue weighted by atomic mass is 16.7. The molecule has 0 aromatic carbocycles. The summed E-state index contributed by atoms with van der Waals surface area (Å²) in [6, 6.07) is 0. The summed E-state index contributed by atoms with van der Waals surface area (Å²) in [6.07, 6.45) is 8.52. The fraction of sp³-hybridized carbons (Fsp3) is 0.760. The topological polar surface area (TPSA) is 52.6 Å². The number of allylic oxidation sites excluding steroid dienone is 4. The summed E-state index contributed by atoms with van der Waals surface area (Å²) in [5.74, 6) is 1.85. The van der Waals surface area contributed by atoms with E-state index >= 15 is 0 Å². The largest absolute Gasteiger partial charge is 0.345 e. The summed E-state index contributed by atoms with van der Waals surface area (Å²) in [6.45, 7) is 10.5. The number of Topliss-reactive ketones (excluding diaryl/α,β-unsaturated/α-hetero) is 1. The van der Waals surface area contributed by atoms with Crippen molar-refractivity contribution in [1.82, 2.24) is 0 Å². The Balaban J connectivity index is 1.50. The Kier molecular flexibility index (Phi) is 4.32. The van der Waals surface area contributed by atoms with E-state index in [9.17, 15) is 9.59 Å². The highest BCUT2D eigenvalue weighted by molar-refractivity contribution is 6.02. The molecule has 4 fully saturated rings. The molecule has 4 aliphatic carbocycles. The number of rotatable bonds is 1. The SMILES string of the molecule is CC1=CC(=O)C=C2CCC3C4C(CCC3C12C)C(=O)C[C@@H]4C1OC(C)(C)OC1C. The summed E-state index contributed by atoms with van der Waals surface area (Å²) in [4.78, 5) is 25.2. The van der Waals surface area contributed by atoms with Gasteiger partial charge in [-0.25, -0.2) is 0 Å². The normalized spacial score (nSPS) is 48.5. The zero-order valence-electron chi connectivity index (χ0n) is 18.4. The lowest BCUT2D eigenvalue weighted by atomic mass is 9.48. The van der Waals surface area contributed by atoms with Gasteiger partial charge < -0.3 is 9.47 Å². The Bertz CT molecular complexity index is 821. The van der Waals surface area contributed by atoms with Gasteiger partial charge >= 0.3 is 0 Å². The zero-order chi connectivity index (χ0) is 20.7. The molecule has 4 nitrogen and oxygen atoms in total. The van der Waals surface area contributed by atoms with Crippen molar-refractivity contribution in [2.24, 2.45) is 35.0 Å². The van der Waals surface area contributed by atoms with E-state index in [0.29, 0.717) is 30.0 Å².